The number of nitrogens with zero attached hydrogens (tertiary/aromatic N) is 3. The lowest BCUT2D eigenvalue weighted by Crippen LogP contribution is -2.23. The topological polar surface area (TPSA) is 129 Å². The van der Waals surface area contributed by atoms with Crippen molar-refractivity contribution in [2.45, 2.75) is 12.8 Å². The molecule has 0 radical (unpaired) electrons. The Hall–Kier alpha value is -3.85. The van der Waals surface area contributed by atoms with Gasteiger partial charge in [0.1, 0.15) is 0 Å². The molecule has 1 amide bonds. The summed E-state index contributed by atoms with van der Waals surface area (Å²) in [5.74, 6) is 0.879. The lowest BCUT2D eigenvalue weighted by molar-refractivity contribution is 0.102. The van der Waals surface area contributed by atoms with Gasteiger partial charge in [0.15, 0.2) is 23.0 Å². The average Bonchev–Trinajstić information content (AvgIpc) is 2.82. The fourth-order valence-electron chi connectivity index (χ4n) is 3.57. The predicted octanol–water partition coefficient (Wildman–Crippen LogP) is 2.92. The lowest BCUT2D eigenvalue weighted by atomic mass is 10.1. The number of carbonyl (C=O) groups is 1. The van der Waals surface area contributed by atoms with Crippen LogP contribution in [-0.2, 0) is 0 Å². The standard InChI is InChI=1S/C24H28N6O3/c1-30-11-5-13-33-21-14-16(8-9-20(21)32-12-4-10-25)18-15-27-23(26)22(28-18)24(31)29-17-6-2-3-7-19(17)30/h2-3,6-9,14-15H,4-5,10-13,25H2,1H3,(H2,26,27)(H,29,31). The summed E-state index contributed by atoms with van der Waals surface area (Å²) in [6.07, 6.45) is 3.05. The Labute approximate surface area is 192 Å². The highest BCUT2D eigenvalue weighted by Gasteiger charge is 2.19. The van der Waals surface area contributed by atoms with E-state index < -0.39 is 5.91 Å². The van der Waals surface area contributed by atoms with E-state index in [1.165, 1.54) is 0 Å². The molecule has 0 saturated carbocycles. The molecule has 4 bridgehead atoms. The number of amides is 1. The molecule has 3 aromatic rings. The van der Waals surface area contributed by atoms with Gasteiger partial charge in [-0.05, 0) is 49.7 Å². The Morgan fingerprint density at radius 2 is 2.09 bits per heavy atom. The second kappa shape index (κ2) is 10.2. The van der Waals surface area contributed by atoms with Crippen molar-refractivity contribution < 1.29 is 14.3 Å². The molecule has 0 atom stereocenters. The molecule has 2 aromatic carbocycles. The molecule has 0 saturated heterocycles. The number of benzene rings is 2. The molecule has 4 rings (SSSR count). The second-order valence-corrected chi connectivity index (χ2v) is 7.74. The molecule has 1 aromatic heterocycles. The van der Waals surface area contributed by atoms with Crippen LogP contribution in [0.4, 0.5) is 17.2 Å². The zero-order chi connectivity index (χ0) is 23.2. The molecule has 5 N–H and O–H groups in total. The normalized spacial score (nSPS) is 13.8. The molecule has 33 heavy (non-hydrogen) atoms. The number of para-hydroxylation sites is 2. The molecule has 2 heterocycles. The van der Waals surface area contributed by atoms with Crippen LogP contribution in [0.2, 0.25) is 0 Å². The SMILES string of the molecule is CN1CCCOc2cc(ccc2OCCCN)-c2cnc(N)c(n2)C(=O)Nc2ccccc21. The van der Waals surface area contributed by atoms with Crippen LogP contribution in [0.3, 0.4) is 0 Å². The number of hydrogen-bond acceptors (Lipinski definition) is 8. The summed E-state index contributed by atoms with van der Waals surface area (Å²) >= 11 is 0. The maximum Gasteiger partial charge on any atom is 0.278 e. The van der Waals surface area contributed by atoms with Gasteiger partial charge in [-0.25, -0.2) is 9.97 Å². The van der Waals surface area contributed by atoms with Crippen LogP contribution in [0.5, 0.6) is 11.5 Å². The Kier molecular flexibility index (Phi) is 6.89. The highest BCUT2D eigenvalue weighted by Crippen LogP contribution is 2.33. The zero-order valence-electron chi connectivity index (χ0n) is 18.6. The van der Waals surface area contributed by atoms with Crippen LogP contribution in [0.1, 0.15) is 23.3 Å². The molecular weight excluding hydrogens is 420 g/mol. The first-order valence-corrected chi connectivity index (χ1v) is 10.9. The lowest BCUT2D eigenvalue weighted by Gasteiger charge is -2.22. The fraction of sp³-hybridized carbons (Fsp3) is 0.292. The first-order chi connectivity index (χ1) is 16.1. The van der Waals surface area contributed by atoms with Crippen molar-refractivity contribution in [3.63, 3.8) is 0 Å². The van der Waals surface area contributed by atoms with E-state index in [-0.39, 0.29) is 11.5 Å². The van der Waals surface area contributed by atoms with Crippen molar-refractivity contribution in [3.8, 4) is 22.8 Å². The van der Waals surface area contributed by atoms with Crippen molar-refractivity contribution in [3.05, 3.63) is 54.4 Å². The Balaban J connectivity index is 1.74. The van der Waals surface area contributed by atoms with Crippen LogP contribution in [0.15, 0.2) is 48.7 Å². The first-order valence-electron chi connectivity index (χ1n) is 10.9. The summed E-state index contributed by atoms with van der Waals surface area (Å²) in [5.41, 5.74) is 14.5. The van der Waals surface area contributed by atoms with Gasteiger partial charge in [-0.15, -0.1) is 0 Å². The molecule has 9 nitrogen and oxygen atoms in total. The summed E-state index contributed by atoms with van der Waals surface area (Å²) in [6, 6.07) is 13.1. The molecule has 1 aliphatic rings. The van der Waals surface area contributed by atoms with Crippen LogP contribution in [0, 0.1) is 0 Å². The zero-order valence-corrected chi connectivity index (χ0v) is 18.6. The number of nitrogens with two attached hydrogens (primary N) is 2. The van der Waals surface area contributed by atoms with E-state index in [1.54, 1.807) is 6.20 Å². The van der Waals surface area contributed by atoms with Gasteiger partial charge in [-0.2, -0.15) is 0 Å². The minimum absolute atomic E-state index is 0.0598. The summed E-state index contributed by atoms with van der Waals surface area (Å²) < 4.78 is 12.0. The Morgan fingerprint density at radius 1 is 1.24 bits per heavy atom. The van der Waals surface area contributed by atoms with E-state index in [4.69, 9.17) is 20.9 Å². The Bertz CT molecular complexity index is 1140. The minimum Gasteiger partial charge on any atom is -0.490 e. The third-order valence-electron chi connectivity index (χ3n) is 5.32. The van der Waals surface area contributed by atoms with Crippen molar-refractivity contribution >= 4 is 23.1 Å². The van der Waals surface area contributed by atoms with E-state index in [0.717, 1.165) is 30.6 Å². The van der Waals surface area contributed by atoms with Crippen molar-refractivity contribution in [2.75, 3.05) is 49.3 Å². The van der Waals surface area contributed by atoms with Crippen LogP contribution in [-0.4, -0.2) is 49.2 Å². The van der Waals surface area contributed by atoms with Gasteiger partial charge >= 0.3 is 0 Å². The van der Waals surface area contributed by atoms with Crippen LogP contribution in [0.25, 0.3) is 11.3 Å². The van der Waals surface area contributed by atoms with Gasteiger partial charge < -0.3 is 31.2 Å². The first kappa shape index (κ1) is 22.3. The highest BCUT2D eigenvalue weighted by atomic mass is 16.5. The molecule has 0 unspecified atom stereocenters. The van der Waals surface area contributed by atoms with E-state index in [0.29, 0.717) is 42.6 Å². The van der Waals surface area contributed by atoms with E-state index in [2.05, 4.69) is 20.2 Å². The summed E-state index contributed by atoms with van der Waals surface area (Å²) in [5, 5.41) is 2.93. The van der Waals surface area contributed by atoms with Crippen molar-refractivity contribution in [1.82, 2.24) is 9.97 Å². The number of aromatic nitrogens is 2. The smallest absolute Gasteiger partial charge is 0.278 e. The maximum atomic E-state index is 13.1. The number of carbonyl (C=O) groups excluding carboxylic acids is 1. The number of ether oxygens (including phenoxy) is 2. The van der Waals surface area contributed by atoms with Gasteiger partial charge in [0, 0.05) is 19.2 Å². The van der Waals surface area contributed by atoms with E-state index in [1.807, 2.05) is 49.5 Å². The monoisotopic (exact) mass is 448 g/mol. The third kappa shape index (κ3) is 5.15. The van der Waals surface area contributed by atoms with E-state index in [9.17, 15) is 4.79 Å². The highest BCUT2D eigenvalue weighted by molar-refractivity contribution is 6.07. The number of hydrogen-bond donors (Lipinski definition) is 3. The van der Waals surface area contributed by atoms with Crippen LogP contribution < -0.4 is 31.2 Å². The molecule has 0 spiro atoms. The number of anilines is 3. The average molecular weight is 449 g/mol. The molecule has 9 heteroatoms. The molecule has 1 aliphatic heterocycles. The van der Waals surface area contributed by atoms with Gasteiger partial charge in [0.05, 0.1) is 36.5 Å². The quantitative estimate of drug-likeness (QED) is 0.520. The van der Waals surface area contributed by atoms with Crippen molar-refractivity contribution in [2.24, 2.45) is 5.73 Å². The molecular formula is C24H28N6O3. The van der Waals surface area contributed by atoms with Crippen LogP contribution >= 0.6 is 0 Å². The number of nitrogens with one attached hydrogen (secondary N) is 1. The molecule has 0 fully saturated rings. The summed E-state index contributed by atoms with van der Waals surface area (Å²) in [6.45, 7) is 2.27. The van der Waals surface area contributed by atoms with Gasteiger partial charge in [-0.1, -0.05) is 12.1 Å². The summed E-state index contributed by atoms with van der Waals surface area (Å²) in [7, 11) is 1.97. The number of fused-ring (bicyclic) bond motifs is 6. The minimum atomic E-state index is -0.421. The second-order valence-electron chi connectivity index (χ2n) is 7.74. The van der Waals surface area contributed by atoms with E-state index >= 15 is 0 Å². The predicted molar refractivity (Wildman–Crippen MR) is 129 cm³/mol. The third-order valence-corrected chi connectivity index (χ3v) is 5.32. The summed E-state index contributed by atoms with van der Waals surface area (Å²) in [4.78, 5) is 23.8. The largest absolute Gasteiger partial charge is 0.490 e. The maximum absolute atomic E-state index is 13.1. The Morgan fingerprint density at radius 3 is 2.94 bits per heavy atom. The van der Waals surface area contributed by atoms with Gasteiger partial charge in [0.25, 0.3) is 5.91 Å². The number of nitrogen functional groups attached to an aromatic ring is 1. The molecule has 0 aliphatic carbocycles. The number of rotatable bonds is 4. The van der Waals surface area contributed by atoms with Crippen molar-refractivity contribution in [1.29, 1.82) is 0 Å². The molecule has 172 valence electrons. The fourth-order valence-corrected chi connectivity index (χ4v) is 3.57. The van der Waals surface area contributed by atoms with Gasteiger partial charge in [0.2, 0.25) is 0 Å². The van der Waals surface area contributed by atoms with Gasteiger partial charge in [-0.3, -0.25) is 4.79 Å².